The fourth-order valence-corrected chi connectivity index (χ4v) is 4.05. The predicted molar refractivity (Wildman–Crippen MR) is 87.6 cm³/mol. The second-order valence-electron chi connectivity index (χ2n) is 6.31. The van der Waals surface area contributed by atoms with Gasteiger partial charge in [0.05, 0.1) is 23.3 Å². The number of amides is 1. The van der Waals surface area contributed by atoms with Gasteiger partial charge in [-0.1, -0.05) is 0 Å². The van der Waals surface area contributed by atoms with Gasteiger partial charge in [-0.15, -0.1) is 0 Å². The lowest BCUT2D eigenvalue weighted by Crippen LogP contribution is -2.53. The van der Waals surface area contributed by atoms with Gasteiger partial charge in [0.25, 0.3) is 5.91 Å². The van der Waals surface area contributed by atoms with Crippen LogP contribution in [0.2, 0.25) is 0 Å². The molecule has 0 unspecified atom stereocenters. The number of likely N-dealkylation sites (tertiary alicyclic amines) is 1. The third kappa shape index (κ3) is 2.70. The van der Waals surface area contributed by atoms with E-state index in [0.717, 1.165) is 25.7 Å². The van der Waals surface area contributed by atoms with Crippen LogP contribution in [-0.4, -0.2) is 61.3 Å². The first-order valence-corrected chi connectivity index (χ1v) is 8.17. The summed E-state index contributed by atoms with van der Waals surface area (Å²) in [5.74, 6) is 0.634. The second-order valence-corrected chi connectivity index (χ2v) is 6.31. The Morgan fingerprint density at radius 3 is 2.96 bits per heavy atom. The van der Waals surface area contributed by atoms with E-state index in [2.05, 4.69) is 10.3 Å². The van der Waals surface area contributed by atoms with Gasteiger partial charge < -0.3 is 19.7 Å². The monoisotopic (exact) mass is 319 g/mol. The standard InChI is InChI=1S/C17H25N3O3/c1-18-15-13(5-4-9-19-15)16(21)20-10-8-17(23-3)7-6-12(22-2)11-14(17)20/h4-5,9,12,14H,6-8,10-11H2,1-3H3,(H,18,19)/t12-,14-,17+/m0/s1. The second kappa shape index (κ2) is 6.45. The maximum absolute atomic E-state index is 13.1. The molecule has 1 saturated heterocycles. The molecule has 6 heteroatoms. The highest BCUT2D eigenvalue weighted by Gasteiger charge is 2.52. The highest BCUT2D eigenvalue weighted by molar-refractivity contribution is 5.99. The Bertz CT molecular complexity index is 580. The molecule has 1 aliphatic carbocycles. The fourth-order valence-electron chi connectivity index (χ4n) is 4.05. The third-order valence-corrected chi connectivity index (χ3v) is 5.41. The minimum absolute atomic E-state index is 0.0168. The Hall–Kier alpha value is -1.66. The minimum Gasteiger partial charge on any atom is -0.381 e. The van der Waals surface area contributed by atoms with Crippen molar-refractivity contribution in [2.45, 2.75) is 43.4 Å². The number of carbonyl (C=O) groups excluding carboxylic acids is 1. The SMILES string of the molecule is CNc1ncccc1C(=O)N1CC[C@]2(OC)CC[C@H](OC)C[C@H]12. The lowest BCUT2D eigenvalue weighted by Gasteiger charge is -2.43. The van der Waals surface area contributed by atoms with Crippen LogP contribution < -0.4 is 5.32 Å². The van der Waals surface area contributed by atoms with Gasteiger partial charge in [0.1, 0.15) is 5.82 Å². The molecule has 3 rings (SSSR count). The van der Waals surface area contributed by atoms with Gasteiger partial charge in [-0.3, -0.25) is 4.79 Å². The van der Waals surface area contributed by atoms with E-state index >= 15 is 0 Å². The van der Waals surface area contributed by atoms with Gasteiger partial charge in [-0.05, 0) is 37.8 Å². The van der Waals surface area contributed by atoms with Gasteiger partial charge in [0.15, 0.2) is 0 Å². The smallest absolute Gasteiger partial charge is 0.257 e. The van der Waals surface area contributed by atoms with Crippen molar-refractivity contribution in [3.05, 3.63) is 23.9 Å². The molecule has 0 bridgehead atoms. The van der Waals surface area contributed by atoms with Crippen molar-refractivity contribution in [2.75, 3.05) is 33.1 Å². The van der Waals surface area contributed by atoms with Crippen LogP contribution in [0.3, 0.4) is 0 Å². The third-order valence-electron chi connectivity index (χ3n) is 5.41. The largest absolute Gasteiger partial charge is 0.381 e. The van der Waals surface area contributed by atoms with Gasteiger partial charge >= 0.3 is 0 Å². The summed E-state index contributed by atoms with van der Waals surface area (Å²) in [7, 11) is 5.28. The number of nitrogens with one attached hydrogen (secondary N) is 1. The molecule has 1 saturated carbocycles. The molecule has 1 amide bonds. The summed E-state index contributed by atoms with van der Waals surface area (Å²) in [5.41, 5.74) is 0.383. The van der Waals surface area contributed by atoms with Crippen LogP contribution in [0.4, 0.5) is 5.82 Å². The molecule has 2 aliphatic rings. The zero-order chi connectivity index (χ0) is 16.4. The van der Waals surface area contributed by atoms with Crippen LogP contribution in [0.1, 0.15) is 36.0 Å². The van der Waals surface area contributed by atoms with Gasteiger partial charge in [-0.25, -0.2) is 4.98 Å². The summed E-state index contributed by atoms with van der Waals surface area (Å²) in [6.45, 7) is 0.714. The van der Waals surface area contributed by atoms with Crippen LogP contribution in [0.25, 0.3) is 0 Å². The van der Waals surface area contributed by atoms with Crippen molar-refractivity contribution in [3.63, 3.8) is 0 Å². The Morgan fingerprint density at radius 1 is 1.43 bits per heavy atom. The highest BCUT2D eigenvalue weighted by atomic mass is 16.5. The number of ether oxygens (including phenoxy) is 2. The number of fused-ring (bicyclic) bond motifs is 1. The van der Waals surface area contributed by atoms with Crippen molar-refractivity contribution < 1.29 is 14.3 Å². The summed E-state index contributed by atoms with van der Waals surface area (Å²) in [6.07, 6.45) is 5.50. The molecule has 0 radical (unpaired) electrons. The molecular weight excluding hydrogens is 294 g/mol. The van der Waals surface area contributed by atoms with Crippen molar-refractivity contribution in [2.24, 2.45) is 0 Å². The fraction of sp³-hybridized carbons (Fsp3) is 0.647. The first-order chi connectivity index (χ1) is 11.1. The quantitative estimate of drug-likeness (QED) is 0.918. The molecule has 3 atom stereocenters. The van der Waals surface area contributed by atoms with Crippen molar-refractivity contribution >= 4 is 11.7 Å². The number of aromatic nitrogens is 1. The Balaban J connectivity index is 1.89. The van der Waals surface area contributed by atoms with E-state index in [1.165, 1.54) is 0 Å². The summed E-state index contributed by atoms with van der Waals surface area (Å²) >= 11 is 0. The average molecular weight is 319 g/mol. The van der Waals surface area contributed by atoms with Gasteiger partial charge in [0.2, 0.25) is 0 Å². The predicted octanol–water partition coefficient (Wildman–Crippen LogP) is 1.92. The van der Waals surface area contributed by atoms with E-state index in [-0.39, 0.29) is 23.7 Å². The Morgan fingerprint density at radius 2 is 2.26 bits per heavy atom. The van der Waals surface area contributed by atoms with E-state index in [0.29, 0.717) is 17.9 Å². The maximum atomic E-state index is 13.1. The molecule has 2 heterocycles. The molecule has 23 heavy (non-hydrogen) atoms. The highest BCUT2D eigenvalue weighted by Crippen LogP contribution is 2.43. The first kappa shape index (κ1) is 16.2. The van der Waals surface area contributed by atoms with E-state index in [9.17, 15) is 4.79 Å². The summed E-state index contributed by atoms with van der Waals surface area (Å²) < 4.78 is 11.4. The zero-order valence-electron chi connectivity index (χ0n) is 14.0. The molecule has 1 aromatic rings. The first-order valence-electron chi connectivity index (χ1n) is 8.17. The molecule has 1 aliphatic heterocycles. The van der Waals surface area contributed by atoms with Crippen molar-refractivity contribution in [1.82, 2.24) is 9.88 Å². The molecule has 1 N–H and O–H groups in total. The number of methoxy groups -OCH3 is 2. The van der Waals surface area contributed by atoms with Crippen LogP contribution in [0, 0.1) is 0 Å². The summed E-state index contributed by atoms with van der Waals surface area (Å²) in [4.78, 5) is 19.3. The number of anilines is 1. The lowest BCUT2D eigenvalue weighted by atomic mass is 9.79. The van der Waals surface area contributed by atoms with Crippen molar-refractivity contribution in [1.29, 1.82) is 0 Å². The van der Waals surface area contributed by atoms with Crippen LogP contribution in [0.15, 0.2) is 18.3 Å². The Kier molecular flexibility index (Phi) is 4.55. The number of nitrogens with zero attached hydrogens (tertiary/aromatic N) is 2. The number of carbonyl (C=O) groups is 1. The van der Waals surface area contributed by atoms with Crippen LogP contribution in [-0.2, 0) is 9.47 Å². The average Bonchev–Trinajstić information content (AvgIpc) is 3.00. The lowest BCUT2D eigenvalue weighted by molar-refractivity contribution is -0.0893. The van der Waals surface area contributed by atoms with E-state index < -0.39 is 0 Å². The molecule has 126 valence electrons. The molecule has 0 aromatic carbocycles. The molecule has 6 nitrogen and oxygen atoms in total. The van der Waals surface area contributed by atoms with E-state index in [1.807, 2.05) is 11.0 Å². The van der Waals surface area contributed by atoms with Crippen molar-refractivity contribution in [3.8, 4) is 0 Å². The van der Waals surface area contributed by atoms with E-state index in [4.69, 9.17) is 9.47 Å². The van der Waals surface area contributed by atoms with E-state index in [1.54, 1.807) is 33.5 Å². The number of pyridine rings is 1. The normalized spacial score (nSPS) is 30.1. The number of hydrogen-bond acceptors (Lipinski definition) is 5. The van der Waals surface area contributed by atoms with Gasteiger partial charge in [-0.2, -0.15) is 0 Å². The Labute approximate surface area is 137 Å². The summed E-state index contributed by atoms with van der Waals surface area (Å²) in [6, 6.07) is 3.68. The van der Waals surface area contributed by atoms with Crippen LogP contribution >= 0.6 is 0 Å². The molecule has 1 aromatic heterocycles. The molecular formula is C17H25N3O3. The van der Waals surface area contributed by atoms with Crippen LogP contribution in [0.5, 0.6) is 0 Å². The molecule has 0 spiro atoms. The number of hydrogen-bond donors (Lipinski definition) is 1. The summed E-state index contributed by atoms with van der Waals surface area (Å²) in [5, 5.41) is 3.00. The maximum Gasteiger partial charge on any atom is 0.257 e. The zero-order valence-corrected chi connectivity index (χ0v) is 14.0. The van der Waals surface area contributed by atoms with Gasteiger partial charge in [0, 0.05) is 34.0 Å². The number of rotatable bonds is 4. The minimum atomic E-state index is -0.229. The molecule has 2 fully saturated rings. The topological polar surface area (TPSA) is 63.7 Å².